The molecule has 0 saturated heterocycles. The highest BCUT2D eigenvalue weighted by atomic mass is 32.1. The zero-order chi connectivity index (χ0) is 22.7. The lowest BCUT2D eigenvalue weighted by atomic mass is 10.0. The van der Waals surface area contributed by atoms with E-state index in [4.69, 9.17) is 4.98 Å². The zero-order valence-electron chi connectivity index (χ0n) is 19.4. The molecule has 4 rings (SSSR count). The third kappa shape index (κ3) is 4.54. The first kappa shape index (κ1) is 22.4. The third-order valence-corrected chi connectivity index (χ3v) is 7.40. The molecule has 32 heavy (non-hydrogen) atoms. The smallest absolute Gasteiger partial charge is 0.233 e. The summed E-state index contributed by atoms with van der Waals surface area (Å²) in [7, 11) is 0. The van der Waals surface area contributed by atoms with Gasteiger partial charge in [0.15, 0.2) is 5.13 Å². The summed E-state index contributed by atoms with van der Waals surface area (Å²) in [5.74, 6) is 0.0990. The van der Waals surface area contributed by atoms with Crippen molar-refractivity contribution in [3.63, 3.8) is 0 Å². The van der Waals surface area contributed by atoms with Gasteiger partial charge in [0.1, 0.15) is 0 Å². The second-order valence-electron chi connectivity index (χ2n) is 8.24. The van der Waals surface area contributed by atoms with Gasteiger partial charge in [-0.2, -0.15) is 0 Å². The second-order valence-corrected chi connectivity index (χ2v) is 9.25. The van der Waals surface area contributed by atoms with Crippen LogP contribution in [0.3, 0.4) is 0 Å². The molecule has 0 spiro atoms. The molecule has 0 aliphatic carbocycles. The van der Waals surface area contributed by atoms with Crippen LogP contribution in [-0.2, 0) is 11.2 Å². The van der Waals surface area contributed by atoms with Crippen molar-refractivity contribution >= 4 is 43.4 Å². The minimum Gasteiger partial charge on any atom is -0.302 e. The number of thiazole rings is 1. The van der Waals surface area contributed by atoms with Crippen molar-refractivity contribution in [1.29, 1.82) is 0 Å². The van der Waals surface area contributed by atoms with E-state index in [-0.39, 0.29) is 5.91 Å². The Bertz CT molecular complexity index is 1240. The fraction of sp³-hybridized carbons (Fsp3) is 0.333. The largest absolute Gasteiger partial charge is 0.302 e. The van der Waals surface area contributed by atoms with Crippen molar-refractivity contribution in [3.8, 4) is 0 Å². The predicted molar refractivity (Wildman–Crippen MR) is 137 cm³/mol. The third-order valence-electron chi connectivity index (χ3n) is 6.36. The lowest BCUT2D eigenvalue weighted by molar-refractivity contribution is -0.118. The molecule has 0 aliphatic rings. The van der Waals surface area contributed by atoms with E-state index in [0.717, 1.165) is 45.9 Å². The van der Waals surface area contributed by atoms with Crippen molar-refractivity contribution in [1.82, 2.24) is 9.88 Å². The summed E-state index contributed by atoms with van der Waals surface area (Å²) >= 11 is 1.61. The van der Waals surface area contributed by atoms with Gasteiger partial charge in [0.25, 0.3) is 0 Å². The fourth-order valence-electron chi connectivity index (χ4n) is 4.14. The summed E-state index contributed by atoms with van der Waals surface area (Å²) in [5.41, 5.74) is 4.49. The van der Waals surface area contributed by atoms with Crippen LogP contribution in [0.1, 0.15) is 30.5 Å². The van der Waals surface area contributed by atoms with Gasteiger partial charge in [-0.05, 0) is 60.5 Å². The van der Waals surface area contributed by atoms with Gasteiger partial charge in [0.2, 0.25) is 5.91 Å². The van der Waals surface area contributed by atoms with E-state index in [1.807, 2.05) is 23.1 Å². The van der Waals surface area contributed by atoms with Gasteiger partial charge in [-0.15, -0.1) is 0 Å². The van der Waals surface area contributed by atoms with Gasteiger partial charge in [-0.1, -0.05) is 73.7 Å². The molecule has 0 aliphatic heterocycles. The maximum Gasteiger partial charge on any atom is 0.233 e. The lowest BCUT2D eigenvalue weighted by Crippen LogP contribution is -2.39. The Balaban J connectivity index is 1.68. The van der Waals surface area contributed by atoms with Gasteiger partial charge in [-0.25, -0.2) is 4.98 Å². The van der Waals surface area contributed by atoms with Crippen molar-refractivity contribution in [2.75, 3.05) is 31.1 Å². The van der Waals surface area contributed by atoms with Crippen molar-refractivity contribution < 1.29 is 4.79 Å². The van der Waals surface area contributed by atoms with E-state index in [1.165, 1.54) is 16.5 Å². The van der Waals surface area contributed by atoms with Crippen molar-refractivity contribution in [3.05, 3.63) is 71.3 Å². The standard InChI is InChI=1S/C27H31N3OS/c1-5-29(6-2)16-17-30(27-28-26-20(4)19(3)14-15-24(26)32-27)25(31)18-22-12-9-11-21-10-7-8-13-23(21)22/h7-15H,5-6,16-18H2,1-4H3. The summed E-state index contributed by atoms with van der Waals surface area (Å²) in [6.07, 6.45) is 0.369. The number of fused-ring (bicyclic) bond motifs is 2. The number of carbonyl (C=O) groups excluding carboxylic acids is 1. The highest BCUT2D eigenvalue weighted by Gasteiger charge is 2.22. The van der Waals surface area contributed by atoms with Crippen LogP contribution in [0, 0.1) is 13.8 Å². The fourth-order valence-corrected chi connectivity index (χ4v) is 5.21. The van der Waals surface area contributed by atoms with E-state index in [0.29, 0.717) is 13.0 Å². The Kier molecular flexibility index (Phi) is 6.87. The number of benzene rings is 3. The molecule has 1 amide bonds. The number of nitrogens with zero attached hydrogens (tertiary/aromatic N) is 3. The van der Waals surface area contributed by atoms with Gasteiger partial charge < -0.3 is 4.90 Å². The summed E-state index contributed by atoms with van der Waals surface area (Å²) < 4.78 is 1.13. The minimum atomic E-state index is 0.0990. The number of hydrogen-bond acceptors (Lipinski definition) is 4. The number of anilines is 1. The van der Waals surface area contributed by atoms with Crippen LogP contribution in [0.5, 0.6) is 0 Å². The Morgan fingerprint density at radius 3 is 2.47 bits per heavy atom. The molecule has 0 unspecified atom stereocenters. The first-order valence-electron chi connectivity index (χ1n) is 11.4. The number of hydrogen-bond donors (Lipinski definition) is 0. The monoisotopic (exact) mass is 445 g/mol. The molecular formula is C27H31N3OS. The highest BCUT2D eigenvalue weighted by molar-refractivity contribution is 7.22. The van der Waals surface area contributed by atoms with Crippen LogP contribution < -0.4 is 4.90 Å². The topological polar surface area (TPSA) is 36.4 Å². The molecule has 0 N–H and O–H groups in total. The molecule has 0 bridgehead atoms. The van der Waals surface area contributed by atoms with Crippen molar-refractivity contribution in [2.24, 2.45) is 0 Å². The van der Waals surface area contributed by atoms with Crippen LogP contribution in [0.4, 0.5) is 5.13 Å². The molecule has 4 nitrogen and oxygen atoms in total. The molecule has 5 heteroatoms. The summed E-state index contributed by atoms with van der Waals surface area (Å²) in [6.45, 7) is 12.0. The minimum absolute atomic E-state index is 0.0990. The maximum atomic E-state index is 13.6. The van der Waals surface area contributed by atoms with E-state index in [1.54, 1.807) is 11.3 Å². The molecule has 0 atom stereocenters. The Morgan fingerprint density at radius 1 is 0.938 bits per heavy atom. The molecule has 0 fully saturated rings. The SMILES string of the molecule is CCN(CC)CCN(C(=O)Cc1cccc2ccccc12)c1nc2c(C)c(C)ccc2s1. The van der Waals surface area contributed by atoms with Crippen molar-refractivity contribution in [2.45, 2.75) is 34.1 Å². The number of carbonyl (C=O) groups is 1. The predicted octanol–water partition coefficient (Wildman–Crippen LogP) is 5.98. The first-order valence-corrected chi connectivity index (χ1v) is 12.2. The molecule has 166 valence electrons. The quantitative estimate of drug-likeness (QED) is 0.334. The average Bonchev–Trinajstić information content (AvgIpc) is 3.24. The molecule has 1 heterocycles. The summed E-state index contributed by atoms with van der Waals surface area (Å²) in [4.78, 5) is 22.8. The first-order chi connectivity index (χ1) is 15.5. The Hall–Kier alpha value is -2.76. The van der Waals surface area contributed by atoms with Crippen LogP contribution in [-0.4, -0.2) is 42.0 Å². The normalized spacial score (nSPS) is 11.5. The van der Waals surface area contributed by atoms with Gasteiger partial charge >= 0.3 is 0 Å². The molecule has 4 aromatic rings. The molecular weight excluding hydrogens is 414 g/mol. The van der Waals surface area contributed by atoms with Gasteiger partial charge in [0, 0.05) is 13.1 Å². The Morgan fingerprint density at radius 2 is 1.69 bits per heavy atom. The number of aryl methyl sites for hydroxylation is 2. The van der Waals surface area contributed by atoms with E-state index < -0.39 is 0 Å². The number of aromatic nitrogens is 1. The van der Waals surface area contributed by atoms with Crippen LogP contribution in [0.15, 0.2) is 54.6 Å². The average molecular weight is 446 g/mol. The van der Waals surface area contributed by atoms with E-state index >= 15 is 0 Å². The van der Waals surface area contributed by atoms with E-state index in [2.05, 4.69) is 69.0 Å². The van der Waals surface area contributed by atoms with Gasteiger partial charge in [-0.3, -0.25) is 9.69 Å². The molecule has 3 aromatic carbocycles. The molecule has 0 saturated carbocycles. The number of likely N-dealkylation sites (N-methyl/N-ethyl adjacent to an activating group) is 1. The second kappa shape index (κ2) is 9.80. The number of amides is 1. The van der Waals surface area contributed by atoms with Gasteiger partial charge in [0.05, 0.1) is 16.6 Å². The zero-order valence-corrected chi connectivity index (χ0v) is 20.2. The van der Waals surface area contributed by atoms with Crippen LogP contribution in [0.2, 0.25) is 0 Å². The van der Waals surface area contributed by atoms with E-state index in [9.17, 15) is 4.79 Å². The number of rotatable bonds is 8. The maximum absolute atomic E-state index is 13.6. The highest BCUT2D eigenvalue weighted by Crippen LogP contribution is 2.32. The summed E-state index contributed by atoms with van der Waals surface area (Å²) in [5, 5.41) is 3.10. The molecule has 0 radical (unpaired) electrons. The Labute approximate surface area is 194 Å². The molecule has 1 aromatic heterocycles. The van der Waals surface area contributed by atoms with Crippen LogP contribution in [0.25, 0.3) is 21.0 Å². The van der Waals surface area contributed by atoms with Crippen LogP contribution >= 0.6 is 11.3 Å². The summed E-state index contributed by atoms with van der Waals surface area (Å²) in [6, 6.07) is 18.7. The lowest BCUT2D eigenvalue weighted by Gasteiger charge is -2.25.